The first kappa shape index (κ1) is 19.0. The molecule has 0 aliphatic carbocycles. The Morgan fingerprint density at radius 3 is 2.67 bits per heavy atom. The zero-order valence-corrected chi connectivity index (χ0v) is 14.9. The molecule has 0 saturated carbocycles. The summed E-state index contributed by atoms with van der Waals surface area (Å²) >= 11 is 1.00. The molecule has 1 amide bonds. The van der Waals surface area contributed by atoms with Crippen LogP contribution in [0.5, 0.6) is 0 Å². The smallest absolute Gasteiger partial charge is 0.411 e. The lowest BCUT2D eigenvalue weighted by Crippen LogP contribution is -2.15. The van der Waals surface area contributed by atoms with Gasteiger partial charge in [0.05, 0.1) is 11.3 Å². The number of aryl methyl sites for hydroxylation is 1. The molecule has 3 aromatic rings. The maximum absolute atomic E-state index is 12.7. The van der Waals surface area contributed by atoms with Crippen LogP contribution in [0.2, 0.25) is 0 Å². The molecule has 3 rings (SSSR count). The molecule has 1 N–H and O–H groups in total. The Morgan fingerprint density at radius 2 is 1.93 bits per heavy atom. The highest BCUT2D eigenvalue weighted by Gasteiger charge is 2.30. The van der Waals surface area contributed by atoms with Crippen LogP contribution in [0, 0.1) is 6.92 Å². The van der Waals surface area contributed by atoms with Crippen LogP contribution in [0.25, 0.3) is 11.5 Å². The third-order valence-electron chi connectivity index (χ3n) is 3.47. The fourth-order valence-corrected chi connectivity index (χ4v) is 2.82. The second-order valence-electron chi connectivity index (χ2n) is 5.66. The van der Waals surface area contributed by atoms with Crippen molar-refractivity contribution in [3.8, 4) is 11.5 Å². The van der Waals surface area contributed by atoms with Crippen LogP contribution in [0.3, 0.4) is 0 Å². The number of nitrogens with one attached hydrogen (secondary N) is 1. The lowest BCUT2D eigenvalue weighted by Gasteiger charge is -2.09. The van der Waals surface area contributed by atoms with E-state index in [0.29, 0.717) is 5.89 Å². The summed E-state index contributed by atoms with van der Waals surface area (Å²) in [5, 5.41) is 10.4. The van der Waals surface area contributed by atoms with E-state index in [-0.39, 0.29) is 16.7 Å². The Hall–Kier alpha value is -2.81. The predicted molar refractivity (Wildman–Crippen MR) is 95.3 cm³/mol. The van der Waals surface area contributed by atoms with Crippen molar-refractivity contribution in [3.05, 3.63) is 59.7 Å². The fraction of sp³-hybridized carbons (Fsp3) is 0.167. The van der Waals surface area contributed by atoms with E-state index in [1.54, 1.807) is 0 Å². The van der Waals surface area contributed by atoms with Crippen LogP contribution < -0.4 is 5.32 Å². The number of benzene rings is 2. The molecule has 1 aromatic heterocycles. The normalized spacial score (nSPS) is 11.4. The zero-order chi connectivity index (χ0) is 19.4. The predicted octanol–water partition coefficient (Wildman–Crippen LogP) is 4.79. The third-order valence-corrected chi connectivity index (χ3v) is 4.29. The maximum Gasteiger partial charge on any atom is 0.416 e. The number of nitrogens with zero attached hydrogens (tertiary/aromatic N) is 2. The SMILES string of the molecule is Cc1cccc(-c2nnc(SCC(=O)Nc3cccc(C(F)(F)F)c3)o2)c1. The number of hydrogen-bond donors (Lipinski definition) is 1. The van der Waals surface area contributed by atoms with Gasteiger partial charge < -0.3 is 9.73 Å². The van der Waals surface area contributed by atoms with E-state index in [9.17, 15) is 18.0 Å². The fourth-order valence-electron chi connectivity index (χ4n) is 2.26. The summed E-state index contributed by atoms with van der Waals surface area (Å²) < 4.78 is 43.6. The van der Waals surface area contributed by atoms with Gasteiger partial charge in [-0.1, -0.05) is 35.5 Å². The molecule has 2 aromatic carbocycles. The number of carbonyl (C=O) groups is 1. The summed E-state index contributed by atoms with van der Waals surface area (Å²) in [4.78, 5) is 12.0. The Morgan fingerprint density at radius 1 is 1.15 bits per heavy atom. The van der Waals surface area contributed by atoms with E-state index in [0.717, 1.165) is 35.0 Å². The average molecular weight is 393 g/mol. The van der Waals surface area contributed by atoms with Gasteiger partial charge in [0.2, 0.25) is 11.8 Å². The summed E-state index contributed by atoms with van der Waals surface area (Å²) in [6, 6.07) is 12.0. The quantitative estimate of drug-likeness (QED) is 0.631. The van der Waals surface area contributed by atoms with E-state index in [1.807, 2.05) is 31.2 Å². The van der Waals surface area contributed by atoms with Gasteiger partial charge in [-0.15, -0.1) is 10.2 Å². The van der Waals surface area contributed by atoms with E-state index < -0.39 is 17.6 Å². The number of rotatable bonds is 5. The minimum Gasteiger partial charge on any atom is -0.411 e. The van der Waals surface area contributed by atoms with E-state index >= 15 is 0 Å². The molecular formula is C18H14F3N3O2S. The van der Waals surface area contributed by atoms with Gasteiger partial charge in [-0.25, -0.2) is 0 Å². The highest BCUT2D eigenvalue weighted by atomic mass is 32.2. The Bertz CT molecular complexity index is 957. The van der Waals surface area contributed by atoms with Gasteiger partial charge in [0, 0.05) is 11.3 Å². The molecule has 1 heterocycles. The van der Waals surface area contributed by atoms with Crippen molar-refractivity contribution in [2.45, 2.75) is 18.3 Å². The van der Waals surface area contributed by atoms with Crippen molar-refractivity contribution < 1.29 is 22.4 Å². The standard InChI is InChI=1S/C18H14F3N3O2S/c1-11-4-2-5-12(8-11)16-23-24-17(26-16)27-10-15(25)22-14-7-3-6-13(9-14)18(19,20)21/h2-9H,10H2,1H3,(H,22,25). The monoisotopic (exact) mass is 393 g/mol. The molecule has 0 spiro atoms. The molecule has 0 radical (unpaired) electrons. The lowest BCUT2D eigenvalue weighted by molar-refractivity contribution is -0.137. The van der Waals surface area contributed by atoms with Crippen LogP contribution in [0.15, 0.2) is 58.2 Å². The number of hydrogen-bond acceptors (Lipinski definition) is 5. The van der Waals surface area contributed by atoms with Crippen LogP contribution in [-0.2, 0) is 11.0 Å². The number of anilines is 1. The number of alkyl halides is 3. The molecule has 0 aliphatic heterocycles. The Labute approximate surface area is 157 Å². The molecule has 0 aliphatic rings. The summed E-state index contributed by atoms with van der Waals surface area (Å²) in [5.41, 5.74) is 1.05. The van der Waals surface area contributed by atoms with Crippen LogP contribution in [0.4, 0.5) is 18.9 Å². The Balaban J connectivity index is 1.59. The number of thioether (sulfide) groups is 1. The van der Waals surface area contributed by atoms with Gasteiger partial charge in [-0.05, 0) is 37.3 Å². The average Bonchev–Trinajstić information content (AvgIpc) is 3.09. The number of aromatic nitrogens is 2. The van der Waals surface area contributed by atoms with Crippen molar-refractivity contribution in [1.82, 2.24) is 10.2 Å². The largest absolute Gasteiger partial charge is 0.416 e. The zero-order valence-electron chi connectivity index (χ0n) is 14.1. The molecular weight excluding hydrogens is 379 g/mol. The second kappa shape index (κ2) is 7.83. The van der Waals surface area contributed by atoms with E-state index in [4.69, 9.17) is 4.42 Å². The van der Waals surface area contributed by atoms with Crippen molar-refractivity contribution in [2.24, 2.45) is 0 Å². The molecule has 9 heteroatoms. The highest BCUT2D eigenvalue weighted by Crippen LogP contribution is 2.30. The molecule has 0 bridgehead atoms. The van der Waals surface area contributed by atoms with Gasteiger partial charge in [0.15, 0.2) is 0 Å². The number of halogens is 3. The van der Waals surface area contributed by atoms with Gasteiger partial charge in [0.25, 0.3) is 5.22 Å². The van der Waals surface area contributed by atoms with Crippen molar-refractivity contribution in [2.75, 3.05) is 11.1 Å². The van der Waals surface area contributed by atoms with Crippen molar-refractivity contribution in [3.63, 3.8) is 0 Å². The van der Waals surface area contributed by atoms with Crippen LogP contribution in [-0.4, -0.2) is 21.9 Å². The lowest BCUT2D eigenvalue weighted by atomic mass is 10.1. The van der Waals surface area contributed by atoms with Crippen LogP contribution in [0.1, 0.15) is 11.1 Å². The minimum absolute atomic E-state index is 0.0707. The topological polar surface area (TPSA) is 68.0 Å². The molecule has 140 valence electrons. The second-order valence-corrected chi connectivity index (χ2v) is 6.58. The van der Waals surface area contributed by atoms with Crippen LogP contribution >= 0.6 is 11.8 Å². The molecule has 0 atom stereocenters. The van der Waals surface area contributed by atoms with Crippen molar-refractivity contribution in [1.29, 1.82) is 0 Å². The first-order valence-electron chi connectivity index (χ1n) is 7.82. The van der Waals surface area contributed by atoms with Gasteiger partial charge in [-0.2, -0.15) is 13.2 Å². The summed E-state index contributed by atoms with van der Waals surface area (Å²) in [6.07, 6.45) is -4.47. The molecule has 5 nitrogen and oxygen atoms in total. The number of amides is 1. The molecule has 0 unspecified atom stereocenters. The molecule has 0 fully saturated rings. The van der Waals surface area contributed by atoms with Crippen molar-refractivity contribution >= 4 is 23.4 Å². The van der Waals surface area contributed by atoms with Gasteiger partial charge in [0.1, 0.15) is 0 Å². The number of carbonyl (C=O) groups excluding carboxylic acids is 1. The first-order chi connectivity index (χ1) is 12.8. The summed E-state index contributed by atoms with van der Waals surface area (Å²) in [6.45, 7) is 1.94. The van der Waals surface area contributed by atoms with E-state index in [2.05, 4.69) is 15.5 Å². The summed E-state index contributed by atoms with van der Waals surface area (Å²) in [5.74, 6) is -0.222. The van der Waals surface area contributed by atoms with Gasteiger partial charge in [-0.3, -0.25) is 4.79 Å². The molecule has 0 saturated heterocycles. The highest BCUT2D eigenvalue weighted by molar-refractivity contribution is 7.99. The maximum atomic E-state index is 12.7. The molecule has 27 heavy (non-hydrogen) atoms. The third kappa shape index (κ3) is 5.10. The van der Waals surface area contributed by atoms with E-state index in [1.165, 1.54) is 12.1 Å². The first-order valence-corrected chi connectivity index (χ1v) is 8.80. The Kier molecular flexibility index (Phi) is 5.50. The van der Waals surface area contributed by atoms with Gasteiger partial charge >= 0.3 is 6.18 Å². The minimum atomic E-state index is -4.47. The summed E-state index contributed by atoms with van der Waals surface area (Å²) in [7, 11) is 0.